The van der Waals surface area contributed by atoms with Gasteiger partial charge in [0.15, 0.2) is 5.82 Å². The van der Waals surface area contributed by atoms with E-state index in [2.05, 4.69) is 22.4 Å². The third kappa shape index (κ3) is 3.17. The number of anilines is 1. The molecule has 0 fully saturated rings. The molecule has 0 atom stereocenters. The maximum absolute atomic E-state index is 12.2. The van der Waals surface area contributed by atoms with Crippen LogP contribution in [-0.2, 0) is 13.0 Å². The van der Waals surface area contributed by atoms with Gasteiger partial charge in [0.05, 0.1) is 5.02 Å². The molecule has 0 aliphatic rings. The molecule has 102 valence electrons. The number of aromatic nitrogens is 3. The third-order valence-corrected chi connectivity index (χ3v) is 3.02. The van der Waals surface area contributed by atoms with Gasteiger partial charge in [0, 0.05) is 24.5 Å². The standard InChI is InChI=1S/C13H17ClN4O/c1-3-5-18-8-9(14)6-11(18)13(19)15-12-7-10(4-2)16-17-12/h6-8H,3-5H2,1-2H3,(H2,15,16,17,19). The van der Waals surface area contributed by atoms with Crippen LogP contribution in [-0.4, -0.2) is 20.7 Å². The van der Waals surface area contributed by atoms with Crippen LogP contribution in [0.1, 0.15) is 36.5 Å². The van der Waals surface area contributed by atoms with Crippen molar-refractivity contribution in [3.63, 3.8) is 0 Å². The van der Waals surface area contributed by atoms with Crippen molar-refractivity contribution in [2.75, 3.05) is 5.32 Å². The minimum atomic E-state index is -0.200. The number of halogens is 1. The average molecular weight is 281 g/mol. The van der Waals surface area contributed by atoms with Crippen LogP contribution in [0.5, 0.6) is 0 Å². The van der Waals surface area contributed by atoms with Crippen molar-refractivity contribution < 1.29 is 4.79 Å². The van der Waals surface area contributed by atoms with E-state index >= 15 is 0 Å². The van der Waals surface area contributed by atoms with Crippen molar-refractivity contribution in [2.45, 2.75) is 33.2 Å². The van der Waals surface area contributed by atoms with Crippen LogP contribution < -0.4 is 5.32 Å². The maximum atomic E-state index is 12.2. The van der Waals surface area contributed by atoms with Gasteiger partial charge < -0.3 is 9.88 Å². The number of amides is 1. The van der Waals surface area contributed by atoms with Crippen molar-refractivity contribution >= 4 is 23.3 Å². The first-order valence-electron chi connectivity index (χ1n) is 6.35. The molecule has 0 aliphatic carbocycles. The lowest BCUT2D eigenvalue weighted by atomic mass is 10.3. The third-order valence-electron chi connectivity index (χ3n) is 2.81. The van der Waals surface area contributed by atoms with E-state index in [1.54, 1.807) is 12.3 Å². The van der Waals surface area contributed by atoms with Gasteiger partial charge in [0.1, 0.15) is 5.69 Å². The highest BCUT2D eigenvalue weighted by Crippen LogP contribution is 2.16. The second-order valence-electron chi connectivity index (χ2n) is 4.32. The van der Waals surface area contributed by atoms with Crippen molar-refractivity contribution in [2.24, 2.45) is 0 Å². The van der Waals surface area contributed by atoms with E-state index in [-0.39, 0.29) is 5.91 Å². The first kappa shape index (κ1) is 13.7. The lowest BCUT2D eigenvalue weighted by Gasteiger charge is -2.06. The van der Waals surface area contributed by atoms with E-state index < -0.39 is 0 Å². The molecule has 0 spiro atoms. The number of aryl methyl sites for hydroxylation is 2. The van der Waals surface area contributed by atoms with Gasteiger partial charge in [-0.1, -0.05) is 25.4 Å². The summed E-state index contributed by atoms with van der Waals surface area (Å²) >= 11 is 5.95. The molecule has 1 amide bonds. The molecule has 0 saturated heterocycles. The molecule has 0 aromatic carbocycles. The van der Waals surface area contributed by atoms with Gasteiger partial charge in [-0.3, -0.25) is 9.89 Å². The Morgan fingerprint density at radius 3 is 2.89 bits per heavy atom. The summed E-state index contributed by atoms with van der Waals surface area (Å²) in [4.78, 5) is 12.2. The van der Waals surface area contributed by atoms with E-state index in [0.717, 1.165) is 25.1 Å². The minimum Gasteiger partial charge on any atom is -0.342 e. The van der Waals surface area contributed by atoms with Crippen LogP contribution in [0.25, 0.3) is 0 Å². The molecule has 2 heterocycles. The summed E-state index contributed by atoms with van der Waals surface area (Å²) in [6, 6.07) is 3.49. The summed E-state index contributed by atoms with van der Waals surface area (Å²) < 4.78 is 1.85. The second kappa shape index (κ2) is 5.93. The molecule has 2 rings (SSSR count). The molecule has 5 nitrogen and oxygen atoms in total. The monoisotopic (exact) mass is 280 g/mol. The number of carbonyl (C=O) groups excluding carboxylic acids is 1. The SMILES string of the molecule is CCCn1cc(Cl)cc1C(=O)Nc1cc(CC)[nH]n1. The molecular weight excluding hydrogens is 264 g/mol. The number of H-pyrrole nitrogens is 1. The summed E-state index contributed by atoms with van der Waals surface area (Å²) in [7, 11) is 0. The number of nitrogens with one attached hydrogen (secondary N) is 2. The Hall–Kier alpha value is -1.75. The quantitative estimate of drug-likeness (QED) is 0.884. The Labute approximate surface area is 117 Å². The van der Waals surface area contributed by atoms with Crippen molar-refractivity contribution in [3.05, 3.63) is 34.7 Å². The van der Waals surface area contributed by atoms with Gasteiger partial charge in [-0.25, -0.2) is 0 Å². The molecule has 0 bridgehead atoms. The molecule has 2 aromatic rings. The Morgan fingerprint density at radius 2 is 2.26 bits per heavy atom. The number of nitrogens with zero attached hydrogens (tertiary/aromatic N) is 2. The van der Waals surface area contributed by atoms with Crippen molar-refractivity contribution in [1.29, 1.82) is 0 Å². The lowest BCUT2D eigenvalue weighted by molar-refractivity contribution is 0.101. The van der Waals surface area contributed by atoms with E-state index in [4.69, 9.17) is 11.6 Å². The molecule has 19 heavy (non-hydrogen) atoms. The second-order valence-corrected chi connectivity index (χ2v) is 4.76. The predicted octanol–water partition coefficient (Wildman–Crippen LogP) is 3.09. The van der Waals surface area contributed by atoms with Crippen LogP contribution in [0.4, 0.5) is 5.82 Å². The number of hydrogen-bond acceptors (Lipinski definition) is 2. The van der Waals surface area contributed by atoms with E-state index in [0.29, 0.717) is 16.5 Å². The molecule has 0 aliphatic heterocycles. The van der Waals surface area contributed by atoms with Gasteiger partial charge in [-0.15, -0.1) is 0 Å². The van der Waals surface area contributed by atoms with Crippen LogP contribution >= 0.6 is 11.6 Å². The Balaban J connectivity index is 2.15. The fourth-order valence-corrected chi connectivity index (χ4v) is 2.10. The van der Waals surface area contributed by atoms with Crippen molar-refractivity contribution in [3.8, 4) is 0 Å². The topological polar surface area (TPSA) is 62.7 Å². The first-order chi connectivity index (χ1) is 9.13. The molecule has 0 radical (unpaired) electrons. The molecule has 0 saturated carbocycles. The predicted molar refractivity (Wildman–Crippen MR) is 75.7 cm³/mol. The highest BCUT2D eigenvalue weighted by molar-refractivity contribution is 6.31. The highest BCUT2D eigenvalue weighted by Gasteiger charge is 2.14. The van der Waals surface area contributed by atoms with Crippen molar-refractivity contribution in [1.82, 2.24) is 14.8 Å². The Kier molecular flexibility index (Phi) is 4.27. The first-order valence-corrected chi connectivity index (χ1v) is 6.73. The summed E-state index contributed by atoms with van der Waals surface area (Å²) in [5.41, 5.74) is 1.53. The van der Waals surface area contributed by atoms with Gasteiger partial charge >= 0.3 is 0 Å². The van der Waals surface area contributed by atoms with Gasteiger partial charge in [-0.2, -0.15) is 5.10 Å². The maximum Gasteiger partial charge on any atom is 0.273 e. The fraction of sp³-hybridized carbons (Fsp3) is 0.385. The van der Waals surface area contributed by atoms with E-state index in [1.807, 2.05) is 17.6 Å². The summed E-state index contributed by atoms with van der Waals surface area (Å²) in [6.07, 6.45) is 3.55. The highest BCUT2D eigenvalue weighted by atomic mass is 35.5. The lowest BCUT2D eigenvalue weighted by Crippen LogP contribution is -2.17. The largest absolute Gasteiger partial charge is 0.342 e. The Bertz CT molecular complexity index is 573. The zero-order valence-corrected chi connectivity index (χ0v) is 11.8. The zero-order chi connectivity index (χ0) is 13.8. The number of rotatable bonds is 5. The van der Waals surface area contributed by atoms with Crippen LogP contribution in [0.15, 0.2) is 18.3 Å². The summed E-state index contributed by atoms with van der Waals surface area (Å²) in [5.74, 6) is 0.330. The van der Waals surface area contributed by atoms with Crippen LogP contribution in [0.2, 0.25) is 5.02 Å². The van der Waals surface area contributed by atoms with Crippen LogP contribution in [0.3, 0.4) is 0 Å². The van der Waals surface area contributed by atoms with Crippen LogP contribution in [0, 0.1) is 0 Å². The number of carbonyl (C=O) groups is 1. The molecular formula is C13H17ClN4O. The fourth-order valence-electron chi connectivity index (χ4n) is 1.88. The molecule has 2 N–H and O–H groups in total. The normalized spacial score (nSPS) is 10.7. The molecule has 6 heteroatoms. The summed E-state index contributed by atoms with van der Waals surface area (Å²) in [5, 5.41) is 10.2. The number of aromatic amines is 1. The smallest absolute Gasteiger partial charge is 0.273 e. The van der Waals surface area contributed by atoms with E-state index in [1.165, 1.54) is 0 Å². The zero-order valence-electron chi connectivity index (χ0n) is 11.0. The molecule has 0 unspecified atom stereocenters. The molecule has 2 aromatic heterocycles. The van der Waals surface area contributed by atoms with Gasteiger partial charge in [0.25, 0.3) is 5.91 Å². The minimum absolute atomic E-state index is 0.200. The average Bonchev–Trinajstić information content (AvgIpc) is 2.96. The van der Waals surface area contributed by atoms with E-state index in [9.17, 15) is 4.79 Å². The summed E-state index contributed by atoms with van der Waals surface area (Å²) in [6.45, 7) is 4.83. The van der Waals surface area contributed by atoms with Gasteiger partial charge in [-0.05, 0) is 18.9 Å². The Morgan fingerprint density at radius 1 is 1.47 bits per heavy atom. The van der Waals surface area contributed by atoms with Gasteiger partial charge in [0.2, 0.25) is 0 Å². The number of hydrogen-bond donors (Lipinski definition) is 2.